The van der Waals surface area contributed by atoms with E-state index in [-0.39, 0.29) is 0 Å². The molecule has 0 N–H and O–H groups in total. The van der Waals surface area contributed by atoms with Gasteiger partial charge in [0.05, 0.1) is 0 Å². The molecule has 1 nitrogen and oxygen atoms in total. The number of hydrogen-bond acceptors (Lipinski definition) is 1. The predicted molar refractivity (Wildman–Crippen MR) is 89.5 cm³/mol. The highest BCUT2D eigenvalue weighted by molar-refractivity contribution is 5.29. The molecule has 0 bridgehead atoms. The zero-order valence-corrected chi connectivity index (χ0v) is 13.0. The van der Waals surface area contributed by atoms with Gasteiger partial charge in [-0.3, -0.25) is 4.90 Å². The lowest BCUT2D eigenvalue weighted by atomic mass is 9.99. The van der Waals surface area contributed by atoms with Gasteiger partial charge < -0.3 is 0 Å². The molecule has 0 saturated carbocycles. The Morgan fingerprint density at radius 3 is 2.10 bits per heavy atom. The first kappa shape index (κ1) is 14.3. The second-order valence-corrected chi connectivity index (χ2v) is 6.18. The first-order valence-electron chi connectivity index (χ1n) is 8.20. The Labute approximate surface area is 128 Å². The molecule has 1 atom stereocenters. The Balaban J connectivity index is 1.66. The van der Waals surface area contributed by atoms with Crippen LogP contribution in [0.3, 0.4) is 0 Å². The van der Waals surface area contributed by atoms with Crippen molar-refractivity contribution in [1.82, 2.24) is 4.90 Å². The monoisotopic (exact) mass is 279 g/mol. The van der Waals surface area contributed by atoms with Crippen LogP contribution in [0.5, 0.6) is 0 Å². The molecule has 3 rings (SSSR count). The summed E-state index contributed by atoms with van der Waals surface area (Å²) in [7, 11) is 0. The van der Waals surface area contributed by atoms with Gasteiger partial charge in [-0.05, 0) is 56.0 Å². The van der Waals surface area contributed by atoms with E-state index in [4.69, 9.17) is 0 Å². The molecule has 1 heterocycles. The van der Waals surface area contributed by atoms with Crippen molar-refractivity contribution in [2.75, 3.05) is 13.1 Å². The maximum atomic E-state index is 2.62. The molecule has 2 aromatic rings. The number of benzene rings is 2. The molecule has 110 valence electrons. The van der Waals surface area contributed by atoms with Gasteiger partial charge in [-0.25, -0.2) is 0 Å². The number of hydrogen-bond donors (Lipinski definition) is 0. The Morgan fingerprint density at radius 2 is 1.43 bits per heavy atom. The molecule has 2 aromatic carbocycles. The lowest BCUT2D eigenvalue weighted by Crippen LogP contribution is -2.32. The number of likely N-dealkylation sites (tertiary alicyclic amines) is 1. The van der Waals surface area contributed by atoms with Gasteiger partial charge >= 0.3 is 0 Å². The highest BCUT2D eigenvalue weighted by atomic mass is 15.2. The zero-order valence-electron chi connectivity index (χ0n) is 13.0. The summed E-state index contributed by atoms with van der Waals surface area (Å²) >= 11 is 0. The quantitative estimate of drug-likeness (QED) is 0.775. The Bertz CT molecular complexity index is 538. The fraction of sp³-hybridized carbons (Fsp3) is 0.400. The Morgan fingerprint density at radius 1 is 0.810 bits per heavy atom. The first-order chi connectivity index (χ1) is 10.3. The van der Waals surface area contributed by atoms with Crippen molar-refractivity contribution in [2.24, 2.45) is 0 Å². The van der Waals surface area contributed by atoms with Gasteiger partial charge in [-0.2, -0.15) is 0 Å². The molecule has 1 aliphatic heterocycles. The summed E-state index contributed by atoms with van der Waals surface area (Å²) in [6.07, 6.45) is 5.14. The van der Waals surface area contributed by atoms with Crippen LogP contribution in [0.25, 0.3) is 0 Å². The van der Waals surface area contributed by atoms with E-state index in [1.807, 2.05) is 0 Å². The van der Waals surface area contributed by atoms with Crippen molar-refractivity contribution in [3.8, 4) is 0 Å². The van der Waals surface area contributed by atoms with Crippen molar-refractivity contribution in [2.45, 2.75) is 38.6 Å². The van der Waals surface area contributed by atoms with Gasteiger partial charge in [0, 0.05) is 6.04 Å². The summed E-state index contributed by atoms with van der Waals surface area (Å²) in [5, 5.41) is 0. The van der Waals surface area contributed by atoms with Crippen LogP contribution in [0.15, 0.2) is 54.6 Å². The lowest BCUT2D eigenvalue weighted by molar-refractivity contribution is 0.175. The van der Waals surface area contributed by atoms with Gasteiger partial charge in [0.25, 0.3) is 0 Å². The van der Waals surface area contributed by atoms with Crippen LogP contribution >= 0.6 is 0 Å². The van der Waals surface area contributed by atoms with Crippen molar-refractivity contribution in [1.29, 1.82) is 0 Å². The molecule has 21 heavy (non-hydrogen) atoms. The summed E-state index contributed by atoms with van der Waals surface area (Å²) in [6, 6.07) is 20.5. The van der Waals surface area contributed by atoms with Crippen LogP contribution in [-0.4, -0.2) is 18.0 Å². The Kier molecular flexibility index (Phi) is 4.72. The molecule has 0 amide bonds. The normalized spacial score (nSPS) is 17.6. The molecular weight excluding hydrogens is 254 g/mol. The molecule has 1 unspecified atom stereocenters. The fourth-order valence-electron chi connectivity index (χ4n) is 3.26. The minimum absolute atomic E-state index is 0.552. The highest BCUT2D eigenvalue weighted by Crippen LogP contribution is 2.24. The van der Waals surface area contributed by atoms with Crippen LogP contribution < -0.4 is 0 Å². The summed E-state index contributed by atoms with van der Waals surface area (Å²) in [4.78, 5) is 2.62. The topological polar surface area (TPSA) is 3.24 Å². The van der Waals surface area contributed by atoms with Gasteiger partial charge in [-0.15, -0.1) is 0 Å². The summed E-state index contributed by atoms with van der Waals surface area (Å²) in [5.41, 5.74) is 4.24. The van der Waals surface area contributed by atoms with E-state index in [0.29, 0.717) is 6.04 Å². The van der Waals surface area contributed by atoms with Crippen molar-refractivity contribution < 1.29 is 0 Å². The smallest absolute Gasteiger partial charge is 0.0319 e. The average Bonchev–Trinajstić information content (AvgIpc) is 2.57. The van der Waals surface area contributed by atoms with Crippen LogP contribution in [0.1, 0.15) is 48.9 Å². The van der Waals surface area contributed by atoms with Crippen LogP contribution in [0.4, 0.5) is 0 Å². The van der Waals surface area contributed by atoms with E-state index in [1.54, 1.807) is 0 Å². The molecule has 0 spiro atoms. The van der Waals surface area contributed by atoms with Crippen molar-refractivity contribution in [3.05, 3.63) is 71.3 Å². The number of nitrogens with zero attached hydrogens (tertiary/aromatic N) is 1. The molecule has 1 aliphatic rings. The number of piperidine rings is 1. The molecule has 0 aromatic heterocycles. The van der Waals surface area contributed by atoms with Crippen molar-refractivity contribution in [3.63, 3.8) is 0 Å². The van der Waals surface area contributed by atoms with E-state index >= 15 is 0 Å². The van der Waals surface area contributed by atoms with Crippen LogP contribution in [0, 0.1) is 0 Å². The fourth-order valence-corrected chi connectivity index (χ4v) is 3.26. The second-order valence-electron chi connectivity index (χ2n) is 6.18. The molecule has 0 radical (unpaired) electrons. The van der Waals surface area contributed by atoms with Gasteiger partial charge in [0.15, 0.2) is 0 Å². The highest BCUT2D eigenvalue weighted by Gasteiger charge is 2.17. The van der Waals surface area contributed by atoms with Gasteiger partial charge in [0.2, 0.25) is 0 Å². The Hall–Kier alpha value is -1.60. The maximum Gasteiger partial charge on any atom is 0.0319 e. The minimum atomic E-state index is 0.552. The molecule has 1 fully saturated rings. The van der Waals surface area contributed by atoms with E-state index in [0.717, 1.165) is 6.42 Å². The summed E-state index contributed by atoms with van der Waals surface area (Å²) < 4.78 is 0. The summed E-state index contributed by atoms with van der Waals surface area (Å²) in [6.45, 7) is 4.86. The third-order valence-corrected chi connectivity index (χ3v) is 4.65. The average molecular weight is 279 g/mol. The van der Waals surface area contributed by atoms with E-state index in [2.05, 4.69) is 66.4 Å². The number of rotatable bonds is 4. The van der Waals surface area contributed by atoms with E-state index in [9.17, 15) is 0 Å². The molecule has 0 aliphatic carbocycles. The third kappa shape index (κ3) is 3.74. The van der Waals surface area contributed by atoms with E-state index < -0.39 is 0 Å². The minimum Gasteiger partial charge on any atom is -0.297 e. The third-order valence-electron chi connectivity index (χ3n) is 4.65. The van der Waals surface area contributed by atoms with Gasteiger partial charge in [-0.1, -0.05) is 61.0 Å². The summed E-state index contributed by atoms with van der Waals surface area (Å²) in [5.74, 6) is 0. The van der Waals surface area contributed by atoms with Crippen molar-refractivity contribution >= 4 is 0 Å². The molecular formula is C20H25N. The zero-order chi connectivity index (χ0) is 14.5. The molecule has 1 saturated heterocycles. The van der Waals surface area contributed by atoms with Crippen LogP contribution in [-0.2, 0) is 6.42 Å². The van der Waals surface area contributed by atoms with E-state index in [1.165, 1.54) is 49.0 Å². The van der Waals surface area contributed by atoms with Crippen LogP contribution in [0.2, 0.25) is 0 Å². The predicted octanol–water partition coefficient (Wildman–Crippen LogP) is 4.82. The molecule has 1 heteroatoms. The first-order valence-corrected chi connectivity index (χ1v) is 8.20. The maximum absolute atomic E-state index is 2.62. The second kappa shape index (κ2) is 6.91. The van der Waals surface area contributed by atoms with Gasteiger partial charge in [0.1, 0.15) is 0 Å². The standard InChI is InChI=1S/C20H25N/c1-17(21-14-6-3-7-15-21)20-12-10-19(11-13-20)16-18-8-4-2-5-9-18/h2,4-5,8-13,17H,3,6-7,14-16H2,1H3. The SMILES string of the molecule is CC(c1ccc(Cc2ccccc2)cc1)N1CCCCC1. The largest absolute Gasteiger partial charge is 0.297 e. The lowest BCUT2D eigenvalue weighted by Gasteiger charge is -2.32.